The number of hydrogen-bond acceptors (Lipinski definition) is 5. The zero-order valence-electron chi connectivity index (χ0n) is 16.3. The van der Waals surface area contributed by atoms with E-state index in [0.717, 1.165) is 17.4 Å². The molecule has 0 atom stereocenters. The molecule has 0 aliphatic heterocycles. The number of aromatic nitrogens is 5. The average molecular weight is 462 g/mol. The minimum atomic E-state index is -2.66. The van der Waals surface area contributed by atoms with Crippen molar-refractivity contribution in [1.82, 2.24) is 24.3 Å². The van der Waals surface area contributed by atoms with Gasteiger partial charge in [-0.3, -0.25) is 9.13 Å². The second-order valence-electron chi connectivity index (χ2n) is 7.17. The van der Waals surface area contributed by atoms with Crippen molar-refractivity contribution in [3.8, 4) is 5.75 Å². The van der Waals surface area contributed by atoms with E-state index in [1.165, 1.54) is 11.8 Å². The zero-order chi connectivity index (χ0) is 21.4. The van der Waals surface area contributed by atoms with Crippen LogP contribution in [0.1, 0.15) is 37.1 Å². The summed E-state index contributed by atoms with van der Waals surface area (Å²) in [4.78, 5) is 4.40. The van der Waals surface area contributed by atoms with E-state index < -0.39 is 6.55 Å². The third-order valence-electron chi connectivity index (χ3n) is 5.03. The smallest absolute Gasteiger partial charge is 0.320 e. The molecule has 1 saturated carbocycles. The van der Waals surface area contributed by atoms with Crippen molar-refractivity contribution in [2.75, 3.05) is 0 Å². The highest BCUT2D eigenvalue weighted by atomic mass is 35.5. The number of halogens is 3. The molecule has 2 aromatic heterocycles. The van der Waals surface area contributed by atoms with Crippen LogP contribution < -0.4 is 4.74 Å². The van der Waals surface area contributed by atoms with E-state index in [0.29, 0.717) is 44.7 Å². The lowest BCUT2D eigenvalue weighted by atomic mass is 10.3. The van der Waals surface area contributed by atoms with Crippen molar-refractivity contribution >= 4 is 34.4 Å². The SMILES string of the molecule is FC(F)n1c(CSc2nnc(COc3ccccc3Cl)n2C2CC2)nc2ccccc21. The molecule has 0 unspecified atom stereocenters. The highest BCUT2D eigenvalue weighted by molar-refractivity contribution is 7.98. The minimum absolute atomic E-state index is 0.226. The van der Waals surface area contributed by atoms with Gasteiger partial charge in [0.05, 0.1) is 21.8 Å². The monoisotopic (exact) mass is 461 g/mol. The number of para-hydroxylation sites is 3. The van der Waals surface area contributed by atoms with Crippen LogP contribution in [0.3, 0.4) is 0 Å². The van der Waals surface area contributed by atoms with Crippen molar-refractivity contribution in [3.05, 3.63) is 65.2 Å². The standard InChI is InChI=1S/C21H18ClF2N5OS/c22-14-5-1-4-8-17(14)30-11-18-26-27-21(28(18)13-9-10-13)31-12-19-25-15-6-2-3-7-16(15)29(19)20(23)24/h1-8,13,20H,9-12H2. The number of benzene rings is 2. The van der Waals surface area contributed by atoms with Crippen LogP contribution in [0.4, 0.5) is 8.78 Å². The maximum absolute atomic E-state index is 13.7. The van der Waals surface area contributed by atoms with E-state index in [-0.39, 0.29) is 12.4 Å². The molecule has 31 heavy (non-hydrogen) atoms. The normalized spacial score (nSPS) is 13.9. The number of ether oxygens (including phenoxy) is 1. The summed E-state index contributed by atoms with van der Waals surface area (Å²) in [6.07, 6.45) is 2.06. The number of thioether (sulfide) groups is 1. The van der Waals surface area contributed by atoms with Gasteiger partial charge in [0, 0.05) is 6.04 Å². The van der Waals surface area contributed by atoms with Gasteiger partial charge in [-0.2, -0.15) is 8.78 Å². The summed E-state index contributed by atoms with van der Waals surface area (Å²) < 4.78 is 36.2. The van der Waals surface area contributed by atoms with Gasteiger partial charge in [0.25, 0.3) is 0 Å². The molecule has 0 bridgehead atoms. The number of alkyl halides is 2. The van der Waals surface area contributed by atoms with E-state index in [4.69, 9.17) is 16.3 Å². The number of imidazole rings is 1. The van der Waals surface area contributed by atoms with Crippen LogP contribution in [0, 0.1) is 0 Å². The Kier molecular flexibility index (Phi) is 5.54. The van der Waals surface area contributed by atoms with E-state index in [1.54, 1.807) is 36.4 Å². The van der Waals surface area contributed by atoms with Gasteiger partial charge in [-0.1, -0.05) is 47.6 Å². The molecule has 160 valence electrons. The number of rotatable bonds is 8. The molecule has 5 rings (SSSR count). The number of nitrogens with zero attached hydrogens (tertiary/aromatic N) is 5. The van der Waals surface area contributed by atoms with Crippen LogP contribution in [-0.4, -0.2) is 24.3 Å². The van der Waals surface area contributed by atoms with Gasteiger partial charge in [-0.25, -0.2) is 4.98 Å². The summed E-state index contributed by atoms with van der Waals surface area (Å²) in [6, 6.07) is 14.5. The Morgan fingerprint density at radius 3 is 2.61 bits per heavy atom. The predicted octanol–water partition coefficient (Wildman–Crippen LogP) is 5.88. The summed E-state index contributed by atoms with van der Waals surface area (Å²) in [5.41, 5.74) is 0.974. The molecule has 10 heteroatoms. The van der Waals surface area contributed by atoms with Crippen molar-refractivity contribution in [1.29, 1.82) is 0 Å². The second-order valence-corrected chi connectivity index (χ2v) is 8.52. The second kappa shape index (κ2) is 8.47. The topological polar surface area (TPSA) is 57.8 Å². The van der Waals surface area contributed by atoms with Gasteiger partial charge in [0.1, 0.15) is 18.2 Å². The minimum Gasteiger partial charge on any atom is -0.484 e. The molecule has 1 aliphatic rings. The van der Waals surface area contributed by atoms with Gasteiger partial charge < -0.3 is 4.74 Å². The molecule has 0 N–H and O–H groups in total. The maximum Gasteiger partial charge on any atom is 0.320 e. The highest BCUT2D eigenvalue weighted by Gasteiger charge is 2.30. The molecule has 0 saturated heterocycles. The lowest BCUT2D eigenvalue weighted by Crippen LogP contribution is -2.08. The lowest BCUT2D eigenvalue weighted by molar-refractivity contribution is 0.0722. The first-order valence-electron chi connectivity index (χ1n) is 9.79. The van der Waals surface area contributed by atoms with Crippen LogP contribution in [0.2, 0.25) is 5.02 Å². The summed E-state index contributed by atoms with van der Waals surface area (Å²) in [5, 5.41) is 9.78. The highest BCUT2D eigenvalue weighted by Crippen LogP contribution is 2.40. The first-order valence-corrected chi connectivity index (χ1v) is 11.2. The lowest BCUT2D eigenvalue weighted by Gasteiger charge is -2.11. The quantitative estimate of drug-likeness (QED) is 0.306. The first-order chi connectivity index (χ1) is 15.1. The molecule has 2 aromatic carbocycles. The van der Waals surface area contributed by atoms with Gasteiger partial charge in [0.15, 0.2) is 11.0 Å². The van der Waals surface area contributed by atoms with Gasteiger partial charge in [-0.15, -0.1) is 10.2 Å². The summed E-state index contributed by atoms with van der Waals surface area (Å²) in [6.45, 7) is -2.44. The summed E-state index contributed by atoms with van der Waals surface area (Å²) in [7, 11) is 0. The predicted molar refractivity (Wildman–Crippen MR) is 115 cm³/mol. The van der Waals surface area contributed by atoms with Crippen molar-refractivity contribution < 1.29 is 13.5 Å². The molecular formula is C21H18ClF2N5OS. The summed E-state index contributed by atoms with van der Waals surface area (Å²) >= 11 is 7.51. The Labute approximate surface area is 186 Å². The Balaban J connectivity index is 1.36. The van der Waals surface area contributed by atoms with Crippen molar-refractivity contribution in [2.24, 2.45) is 0 Å². The van der Waals surface area contributed by atoms with E-state index in [1.807, 2.05) is 16.7 Å². The van der Waals surface area contributed by atoms with E-state index >= 15 is 0 Å². The van der Waals surface area contributed by atoms with Crippen LogP contribution in [0.5, 0.6) is 5.75 Å². The molecule has 0 amide bonds. The van der Waals surface area contributed by atoms with Crippen LogP contribution in [0.15, 0.2) is 53.7 Å². The van der Waals surface area contributed by atoms with Crippen LogP contribution in [0.25, 0.3) is 11.0 Å². The Hall–Kier alpha value is -2.65. The van der Waals surface area contributed by atoms with Crippen LogP contribution in [-0.2, 0) is 12.4 Å². The third kappa shape index (κ3) is 4.12. The number of hydrogen-bond donors (Lipinski definition) is 0. The maximum atomic E-state index is 13.7. The Morgan fingerprint density at radius 2 is 1.84 bits per heavy atom. The average Bonchev–Trinajstić information content (AvgIpc) is 3.40. The van der Waals surface area contributed by atoms with E-state index in [2.05, 4.69) is 15.2 Å². The fourth-order valence-electron chi connectivity index (χ4n) is 3.45. The van der Waals surface area contributed by atoms with Gasteiger partial charge in [-0.05, 0) is 37.1 Å². The van der Waals surface area contributed by atoms with Gasteiger partial charge in [0.2, 0.25) is 0 Å². The molecule has 4 aromatic rings. The fraction of sp³-hybridized carbons (Fsp3) is 0.286. The molecule has 6 nitrogen and oxygen atoms in total. The zero-order valence-corrected chi connectivity index (χ0v) is 17.9. The molecular weight excluding hydrogens is 444 g/mol. The van der Waals surface area contributed by atoms with Gasteiger partial charge >= 0.3 is 6.55 Å². The first kappa shape index (κ1) is 20.3. The molecule has 0 radical (unpaired) electrons. The Bertz CT molecular complexity index is 1220. The van der Waals surface area contributed by atoms with Crippen LogP contribution >= 0.6 is 23.4 Å². The molecule has 1 fully saturated rings. The Morgan fingerprint density at radius 1 is 1.06 bits per heavy atom. The molecule has 0 spiro atoms. The molecule has 1 aliphatic carbocycles. The fourth-order valence-corrected chi connectivity index (χ4v) is 4.60. The van der Waals surface area contributed by atoms with E-state index in [9.17, 15) is 8.78 Å². The van der Waals surface area contributed by atoms with Crippen molar-refractivity contribution in [2.45, 2.75) is 42.9 Å². The number of fused-ring (bicyclic) bond motifs is 1. The summed E-state index contributed by atoms with van der Waals surface area (Å²) in [5.74, 6) is 1.83. The van der Waals surface area contributed by atoms with Crippen molar-refractivity contribution in [3.63, 3.8) is 0 Å². The molecule has 2 heterocycles. The largest absolute Gasteiger partial charge is 0.484 e. The third-order valence-corrected chi connectivity index (χ3v) is 6.29.